The number of rotatable bonds is 2. The summed E-state index contributed by atoms with van der Waals surface area (Å²) < 4.78 is 15.2. The standard InChI is InChI=1S/C11H9ClFN/c12-6-2-7-14-8-5-9-10(13)3-1-4-11(9)14/h1-6,8H,7H2/b6-2+. The minimum absolute atomic E-state index is 0.184. The van der Waals surface area contributed by atoms with Gasteiger partial charge < -0.3 is 4.57 Å². The van der Waals surface area contributed by atoms with Crippen molar-refractivity contribution in [3.63, 3.8) is 0 Å². The lowest BCUT2D eigenvalue weighted by molar-refractivity contribution is 0.639. The van der Waals surface area contributed by atoms with Gasteiger partial charge in [-0.05, 0) is 18.2 Å². The molecule has 2 aromatic rings. The molecular formula is C11H9ClFN. The Labute approximate surface area is 86.4 Å². The third-order valence-corrected chi connectivity index (χ3v) is 2.33. The number of hydrogen-bond donors (Lipinski definition) is 0. The van der Waals surface area contributed by atoms with Crippen molar-refractivity contribution < 1.29 is 4.39 Å². The van der Waals surface area contributed by atoms with Crippen molar-refractivity contribution in [2.45, 2.75) is 6.54 Å². The highest BCUT2D eigenvalue weighted by molar-refractivity contribution is 6.25. The third-order valence-electron chi connectivity index (χ3n) is 2.15. The number of fused-ring (bicyclic) bond motifs is 1. The molecule has 14 heavy (non-hydrogen) atoms. The van der Waals surface area contributed by atoms with Crippen LogP contribution in [0.2, 0.25) is 0 Å². The average Bonchev–Trinajstić information content (AvgIpc) is 2.60. The Kier molecular flexibility index (Phi) is 2.55. The van der Waals surface area contributed by atoms with Crippen molar-refractivity contribution >= 4 is 22.5 Å². The van der Waals surface area contributed by atoms with Gasteiger partial charge in [-0.1, -0.05) is 23.7 Å². The normalized spacial score (nSPS) is 11.6. The van der Waals surface area contributed by atoms with Gasteiger partial charge in [0.25, 0.3) is 0 Å². The highest BCUT2D eigenvalue weighted by atomic mass is 35.5. The fraction of sp³-hybridized carbons (Fsp3) is 0.0909. The van der Waals surface area contributed by atoms with E-state index in [1.165, 1.54) is 11.6 Å². The molecule has 1 heterocycles. The molecule has 0 atom stereocenters. The molecule has 1 aromatic carbocycles. The summed E-state index contributed by atoms with van der Waals surface area (Å²) in [5.74, 6) is -0.184. The van der Waals surface area contributed by atoms with E-state index >= 15 is 0 Å². The van der Waals surface area contributed by atoms with Crippen LogP contribution in [-0.2, 0) is 6.54 Å². The molecule has 0 N–H and O–H groups in total. The van der Waals surface area contributed by atoms with Gasteiger partial charge in [0, 0.05) is 23.7 Å². The van der Waals surface area contributed by atoms with Gasteiger partial charge in [0.1, 0.15) is 5.82 Å². The smallest absolute Gasteiger partial charge is 0.132 e. The van der Waals surface area contributed by atoms with Crippen LogP contribution in [0.3, 0.4) is 0 Å². The predicted molar refractivity (Wildman–Crippen MR) is 56.9 cm³/mol. The Morgan fingerprint density at radius 1 is 1.36 bits per heavy atom. The molecule has 0 unspecified atom stereocenters. The zero-order valence-electron chi connectivity index (χ0n) is 7.45. The molecule has 0 spiro atoms. The highest BCUT2D eigenvalue weighted by Crippen LogP contribution is 2.18. The minimum Gasteiger partial charge on any atom is -0.344 e. The van der Waals surface area contributed by atoms with Gasteiger partial charge >= 0.3 is 0 Å². The van der Waals surface area contributed by atoms with Gasteiger partial charge in [-0.25, -0.2) is 4.39 Å². The second-order valence-electron chi connectivity index (χ2n) is 3.00. The molecule has 0 aliphatic carbocycles. The van der Waals surface area contributed by atoms with E-state index in [0.717, 1.165) is 5.52 Å². The maximum atomic E-state index is 13.3. The van der Waals surface area contributed by atoms with E-state index in [-0.39, 0.29) is 5.82 Å². The summed E-state index contributed by atoms with van der Waals surface area (Å²) in [6.07, 6.45) is 3.66. The molecule has 3 heteroatoms. The van der Waals surface area contributed by atoms with Gasteiger partial charge in [0.15, 0.2) is 0 Å². The van der Waals surface area contributed by atoms with E-state index in [1.807, 2.05) is 22.9 Å². The quantitative estimate of drug-likeness (QED) is 0.713. The first kappa shape index (κ1) is 9.28. The summed E-state index contributed by atoms with van der Waals surface area (Å²) in [4.78, 5) is 0. The van der Waals surface area contributed by atoms with E-state index in [1.54, 1.807) is 12.1 Å². The Bertz CT molecular complexity index is 473. The topological polar surface area (TPSA) is 4.93 Å². The summed E-state index contributed by atoms with van der Waals surface area (Å²) in [6, 6.07) is 6.83. The second kappa shape index (κ2) is 3.84. The minimum atomic E-state index is -0.184. The lowest BCUT2D eigenvalue weighted by atomic mass is 10.2. The van der Waals surface area contributed by atoms with Gasteiger partial charge in [-0.2, -0.15) is 0 Å². The molecule has 0 bridgehead atoms. The summed E-state index contributed by atoms with van der Waals surface area (Å²) in [7, 11) is 0. The fourth-order valence-electron chi connectivity index (χ4n) is 1.50. The lowest BCUT2D eigenvalue weighted by Crippen LogP contribution is -1.91. The molecule has 0 amide bonds. The van der Waals surface area contributed by atoms with Crippen LogP contribution in [0.15, 0.2) is 42.1 Å². The Morgan fingerprint density at radius 3 is 3.00 bits per heavy atom. The van der Waals surface area contributed by atoms with E-state index in [9.17, 15) is 4.39 Å². The van der Waals surface area contributed by atoms with Crippen LogP contribution in [0, 0.1) is 5.82 Å². The maximum Gasteiger partial charge on any atom is 0.132 e. The highest BCUT2D eigenvalue weighted by Gasteiger charge is 2.02. The van der Waals surface area contributed by atoms with Crippen LogP contribution in [0.25, 0.3) is 10.9 Å². The molecule has 0 aliphatic heterocycles. The monoisotopic (exact) mass is 209 g/mol. The van der Waals surface area contributed by atoms with Crippen molar-refractivity contribution in [2.75, 3.05) is 0 Å². The molecule has 0 radical (unpaired) electrons. The van der Waals surface area contributed by atoms with Crippen molar-refractivity contribution in [1.82, 2.24) is 4.57 Å². The number of aromatic nitrogens is 1. The molecule has 0 fully saturated rings. The van der Waals surface area contributed by atoms with Crippen molar-refractivity contribution in [3.8, 4) is 0 Å². The summed E-state index contributed by atoms with van der Waals surface area (Å²) >= 11 is 5.43. The summed E-state index contributed by atoms with van der Waals surface area (Å²) in [5.41, 5.74) is 2.35. The lowest BCUT2D eigenvalue weighted by Gasteiger charge is -2.00. The zero-order chi connectivity index (χ0) is 9.97. The van der Waals surface area contributed by atoms with Crippen molar-refractivity contribution in [1.29, 1.82) is 0 Å². The van der Waals surface area contributed by atoms with Gasteiger partial charge in [-0.15, -0.1) is 0 Å². The van der Waals surface area contributed by atoms with E-state index in [2.05, 4.69) is 0 Å². The first-order valence-electron chi connectivity index (χ1n) is 4.31. The largest absolute Gasteiger partial charge is 0.344 e. The van der Waals surface area contributed by atoms with Crippen LogP contribution in [-0.4, -0.2) is 4.57 Å². The number of benzene rings is 1. The predicted octanol–water partition coefficient (Wildman–Crippen LogP) is 3.53. The van der Waals surface area contributed by atoms with E-state index in [4.69, 9.17) is 11.6 Å². The average molecular weight is 210 g/mol. The molecule has 0 saturated heterocycles. The fourth-order valence-corrected chi connectivity index (χ4v) is 1.58. The molecule has 1 aromatic heterocycles. The molecule has 2 rings (SSSR count). The van der Waals surface area contributed by atoms with E-state index in [0.29, 0.717) is 11.9 Å². The number of hydrogen-bond acceptors (Lipinski definition) is 0. The molecule has 1 nitrogen and oxygen atoms in total. The molecular weight excluding hydrogens is 201 g/mol. The van der Waals surface area contributed by atoms with Crippen LogP contribution >= 0.6 is 11.6 Å². The van der Waals surface area contributed by atoms with Gasteiger partial charge in [0.05, 0.1) is 5.52 Å². The first-order valence-corrected chi connectivity index (χ1v) is 4.75. The summed E-state index contributed by atoms with van der Waals surface area (Å²) in [5, 5.41) is 0.649. The summed E-state index contributed by atoms with van der Waals surface area (Å²) in [6.45, 7) is 0.663. The Morgan fingerprint density at radius 2 is 2.21 bits per heavy atom. The Balaban J connectivity index is 2.52. The third kappa shape index (κ3) is 1.53. The second-order valence-corrected chi connectivity index (χ2v) is 3.25. The van der Waals surface area contributed by atoms with Crippen LogP contribution in [0.1, 0.15) is 0 Å². The SMILES string of the molecule is Fc1cccc2c1ccn2C/C=C/Cl. The Hall–Kier alpha value is -1.28. The number of nitrogens with zero attached hydrogens (tertiary/aromatic N) is 1. The number of allylic oxidation sites excluding steroid dienone is 1. The van der Waals surface area contributed by atoms with E-state index < -0.39 is 0 Å². The van der Waals surface area contributed by atoms with Crippen LogP contribution in [0.5, 0.6) is 0 Å². The first-order chi connectivity index (χ1) is 6.83. The molecule has 72 valence electrons. The maximum absolute atomic E-state index is 13.3. The molecule has 0 saturated carbocycles. The van der Waals surface area contributed by atoms with Crippen LogP contribution < -0.4 is 0 Å². The number of halogens is 2. The van der Waals surface area contributed by atoms with Crippen molar-refractivity contribution in [2.24, 2.45) is 0 Å². The van der Waals surface area contributed by atoms with Crippen LogP contribution in [0.4, 0.5) is 4.39 Å². The van der Waals surface area contributed by atoms with Gasteiger partial charge in [-0.3, -0.25) is 0 Å². The van der Waals surface area contributed by atoms with Gasteiger partial charge in [0.2, 0.25) is 0 Å². The van der Waals surface area contributed by atoms with Crippen molar-refractivity contribution in [3.05, 3.63) is 47.9 Å². The zero-order valence-corrected chi connectivity index (χ0v) is 8.21. The molecule has 0 aliphatic rings.